The average Bonchev–Trinajstić information content (AvgIpc) is 2.77. The highest BCUT2D eigenvalue weighted by molar-refractivity contribution is 9.10. The fourth-order valence-electron chi connectivity index (χ4n) is 3.62. The molecule has 0 aromatic heterocycles. The number of allylic oxidation sites excluding steroid dienone is 2. The molecular weight excluding hydrogens is 465 g/mol. The number of fused-ring (bicyclic) bond motifs is 1. The first-order valence-electron chi connectivity index (χ1n) is 9.96. The summed E-state index contributed by atoms with van der Waals surface area (Å²) >= 11 is 3.11. The van der Waals surface area contributed by atoms with E-state index in [0.29, 0.717) is 27.2 Å². The second kappa shape index (κ2) is 8.72. The minimum atomic E-state index is -0.464. The summed E-state index contributed by atoms with van der Waals surface area (Å²) < 4.78 is 20.1. The number of hydrogen-bond acceptors (Lipinski definition) is 5. The molecule has 1 amide bonds. The van der Waals surface area contributed by atoms with Crippen LogP contribution in [-0.2, 0) is 0 Å². The number of aliphatic hydroxyl groups excluding tert-OH is 1. The van der Waals surface area contributed by atoms with E-state index in [1.165, 1.54) is 17.7 Å². The molecule has 31 heavy (non-hydrogen) atoms. The minimum absolute atomic E-state index is 0.107. The van der Waals surface area contributed by atoms with E-state index >= 15 is 0 Å². The maximum atomic E-state index is 13.8. The van der Waals surface area contributed by atoms with Crippen LogP contribution in [0.4, 0.5) is 15.8 Å². The number of carbonyl (C=O) groups excluding carboxylic acids is 1. The predicted octanol–water partition coefficient (Wildman–Crippen LogP) is 4.18. The highest BCUT2D eigenvalue weighted by atomic mass is 79.9. The van der Waals surface area contributed by atoms with E-state index in [1.807, 2.05) is 23.1 Å². The first-order chi connectivity index (χ1) is 14.9. The van der Waals surface area contributed by atoms with Crippen LogP contribution >= 0.6 is 15.9 Å². The number of dihydropyridines is 1. The third kappa shape index (κ3) is 4.18. The molecule has 2 aromatic rings. The number of anilines is 2. The Labute approximate surface area is 188 Å². The second-order valence-electron chi connectivity index (χ2n) is 7.58. The van der Waals surface area contributed by atoms with E-state index in [-0.39, 0.29) is 25.3 Å². The SMILES string of the molecule is CC1=CC=C(N2c3cccc(C(=O)Nc4ccc(Br)c(F)c4)c3OC[C@@H]2CO)NC1C. The van der Waals surface area contributed by atoms with Gasteiger partial charge in [0, 0.05) is 11.7 Å². The molecular formula is C23H23BrFN3O3. The molecule has 3 N–H and O–H groups in total. The number of ether oxygens (including phenoxy) is 1. The molecule has 2 aliphatic rings. The van der Waals surface area contributed by atoms with E-state index in [2.05, 4.69) is 40.4 Å². The van der Waals surface area contributed by atoms with Gasteiger partial charge in [-0.1, -0.05) is 17.7 Å². The molecule has 0 spiro atoms. The van der Waals surface area contributed by atoms with Crippen LogP contribution in [0.3, 0.4) is 0 Å². The fourth-order valence-corrected chi connectivity index (χ4v) is 3.86. The molecule has 2 aliphatic heterocycles. The molecule has 1 unspecified atom stereocenters. The lowest BCUT2D eigenvalue weighted by molar-refractivity contribution is 0.102. The highest BCUT2D eigenvalue weighted by Crippen LogP contribution is 2.39. The molecule has 2 heterocycles. The molecule has 0 fully saturated rings. The maximum absolute atomic E-state index is 13.8. The van der Waals surface area contributed by atoms with Gasteiger partial charge in [-0.25, -0.2) is 4.39 Å². The summed E-state index contributed by atoms with van der Waals surface area (Å²) in [7, 11) is 0. The monoisotopic (exact) mass is 487 g/mol. The van der Waals surface area contributed by atoms with Crippen LogP contribution in [0.5, 0.6) is 5.75 Å². The number of amides is 1. The molecule has 0 aliphatic carbocycles. The van der Waals surface area contributed by atoms with Crippen molar-refractivity contribution in [2.45, 2.75) is 25.9 Å². The van der Waals surface area contributed by atoms with Crippen LogP contribution in [0.1, 0.15) is 24.2 Å². The molecule has 8 heteroatoms. The van der Waals surface area contributed by atoms with Crippen LogP contribution in [0.25, 0.3) is 0 Å². The fraction of sp³-hybridized carbons (Fsp3) is 0.261. The van der Waals surface area contributed by atoms with Crippen LogP contribution in [0.2, 0.25) is 0 Å². The largest absolute Gasteiger partial charge is 0.488 e. The minimum Gasteiger partial charge on any atom is -0.488 e. The Kier molecular flexibility index (Phi) is 6.02. The molecule has 6 nitrogen and oxygen atoms in total. The van der Waals surface area contributed by atoms with Crippen LogP contribution in [-0.4, -0.2) is 36.3 Å². The standard InChI is InChI=1S/C23H23BrFN3O3/c1-13-6-9-21(26-14(13)2)28-16(11-29)12-31-22-17(4-3-5-20(22)28)23(30)27-15-7-8-18(24)19(25)10-15/h3-10,14,16,26,29H,11-12H2,1-2H3,(H,27,30)/t14?,16-/m0/s1. The van der Waals surface area contributed by atoms with Crippen LogP contribution in [0.15, 0.2) is 64.4 Å². The normalized spacial score (nSPS) is 20.1. The number of benzene rings is 2. The number of hydrogen-bond donors (Lipinski definition) is 3. The Morgan fingerprint density at radius 3 is 2.87 bits per heavy atom. The van der Waals surface area contributed by atoms with Gasteiger partial charge in [-0.3, -0.25) is 4.79 Å². The number of halogens is 2. The zero-order chi connectivity index (χ0) is 22.1. The van der Waals surface area contributed by atoms with Gasteiger partial charge in [-0.2, -0.15) is 0 Å². The first kappa shape index (κ1) is 21.4. The van der Waals surface area contributed by atoms with Gasteiger partial charge in [0.05, 0.1) is 28.4 Å². The Morgan fingerprint density at radius 2 is 2.16 bits per heavy atom. The Hall–Kier alpha value is -2.84. The number of carbonyl (C=O) groups is 1. The third-order valence-corrected chi connectivity index (χ3v) is 6.13. The number of nitrogens with one attached hydrogen (secondary N) is 2. The molecule has 0 saturated heterocycles. The van der Waals surface area contributed by atoms with Gasteiger partial charge in [0.1, 0.15) is 18.2 Å². The lowest BCUT2D eigenvalue weighted by Crippen LogP contribution is -2.50. The van der Waals surface area contributed by atoms with Gasteiger partial charge in [0.25, 0.3) is 5.91 Å². The quantitative estimate of drug-likeness (QED) is 0.603. The summed E-state index contributed by atoms with van der Waals surface area (Å²) in [5.41, 5.74) is 2.56. The van der Waals surface area contributed by atoms with E-state index in [9.17, 15) is 14.3 Å². The molecule has 162 valence electrons. The average molecular weight is 488 g/mol. The molecule has 2 atom stereocenters. The van der Waals surface area contributed by atoms with E-state index in [0.717, 1.165) is 5.82 Å². The van der Waals surface area contributed by atoms with Gasteiger partial charge < -0.3 is 25.4 Å². The molecule has 0 radical (unpaired) electrons. The lowest BCUT2D eigenvalue weighted by Gasteiger charge is -2.41. The van der Waals surface area contributed by atoms with Crippen molar-refractivity contribution in [2.75, 3.05) is 23.4 Å². The summed E-state index contributed by atoms with van der Waals surface area (Å²) in [6.07, 6.45) is 4.00. The van der Waals surface area contributed by atoms with Crippen LogP contribution in [0, 0.1) is 5.82 Å². The van der Waals surface area contributed by atoms with Gasteiger partial charge in [-0.15, -0.1) is 0 Å². The van der Waals surface area contributed by atoms with Gasteiger partial charge >= 0.3 is 0 Å². The van der Waals surface area contributed by atoms with E-state index in [4.69, 9.17) is 4.74 Å². The Balaban J connectivity index is 1.69. The van der Waals surface area contributed by atoms with Gasteiger partial charge in [0.15, 0.2) is 5.75 Å². The predicted molar refractivity (Wildman–Crippen MR) is 122 cm³/mol. The van der Waals surface area contributed by atoms with Crippen LogP contribution < -0.4 is 20.3 Å². The van der Waals surface area contributed by atoms with Gasteiger partial charge in [0.2, 0.25) is 0 Å². The highest BCUT2D eigenvalue weighted by Gasteiger charge is 2.33. The Morgan fingerprint density at radius 1 is 1.35 bits per heavy atom. The van der Waals surface area contributed by atoms with Crippen molar-refractivity contribution < 1.29 is 19.0 Å². The number of nitrogens with zero attached hydrogens (tertiary/aromatic N) is 1. The van der Waals surface area contributed by atoms with Crippen molar-refractivity contribution in [1.29, 1.82) is 0 Å². The number of aliphatic hydroxyl groups is 1. The molecule has 0 bridgehead atoms. The zero-order valence-corrected chi connectivity index (χ0v) is 18.7. The lowest BCUT2D eigenvalue weighted by atomic mass is 10.0. The van der Waals surface area contributed by atoms with Crippen molar-refractivity contribution in [3.05, 3.63) is 75.8 Å². The van der Waals surface area contributed by atoms with E-state index in [1.54, 1.807) is 18.2 Å². The second-order valence-corrected chi connectivity index (χ2v) is 8.44. The van der Waals surface area contributed by atoms with Crippen molar-refractivity contribution in [3.63, 3.8) is 0 Å². The number of para-hydroxylation sites is 1. The summed E-state index contributed by atoms with van der Waals surface area (Å²) in [4.78, 5) is 14.9. The van der Waals surface area contributed by atoms with Crippen molar-refractivity contribution in [1.82, 2.24) is 5.32 Å². The molecule has 0 saturated carbocycles. The van der Waals surface area contributed by atoms with Gasteiger partial charge in [-0.05, 0) is 66.2 Å². The van der Waals surface area contributed by atoms with Crippen molar-refractivity contribution in [3.8, 4) is 5.75 Å². The van der Waals surface area contributed by atoms with E-state index < -0.39 is 11.7 Å². The summed E-state index contributed by atoms with van der Waals surface area (Å²) in [5, 5.41) is 16.1. The van der Waals surface area contributed by atoms with Crippen molar-refractivity contribution >= 4 is 33.2 Å². The summed E-state index contributed by atoms with van der Waals surface area (Å²) in [5.74, 6) is 0.377. The smallest absolute Gasteiger partial charge is 0.259 e. The topological polar surface area (TPSA) is 73.8 Å². The summed E-state index contributed by atoms with van der Waals surface area (Å²) in [6, 6.07) is 9.52. The molecule has 2 aromatic carbocycles. The third-order valence-electron chi connectivity index (χ3n) is 5.48. The zero-order valence-electron chi connectivity index (χ0n) is 17.2. The maximum Gasteiger partial charge on any atom is 0.259 e. The summed E-state index contributed by atoms with van der Waals surface area (Å²) in [6.45, 7) is 4.23. The first-order valence-corrected chi connectivity index (χ1v) is 10.8. The molecule has 4 rings (SSSR count). The number of rotatable bonds is 4. The van der Waals surface area contributed by atoms with Crippen molar-refractivity contribution in [2.24, 2.45) is 0 Å². The Bertz CT molecular complexity index is 1090.